The first-order chi connectivity index (χ1) is 3.79. The van der Waals surface area contributed by atoms with Crippen molar-refractivity contribution in [3.63, 3.8) is 0 Å². The molecule has 0 saturated carbocycles. The zero-order valence-corrected chi connectivity index (χ0v) is 6.07. The summed E-state index contributed by atoms with van der Waals surface area (Å²) in [6.07, 6.45) is 3.15. The van der Waals surface area contributed by atoms with E-state index in [0.717, 1.165) is 29.2 Å². The fourth-order valence-electron chi connectivity index (χ4n) is 0.690. The molecule has 1 saturated heterocycles. The molecule has 0 radical (unpaired) electrons. The van der Waals surface area contributed by atoms with Crippen LogP contribution in [0.2, 0.25) is 0 Å². The maximum atomic E-state index is 4.88. The summed E-state index contributed by atoms with van der Waals surface area (Å²) in [4.78, 5) is 1.81. The Kier molecular flexibility index (Phi) is 1.91. The molecule has 0 atom stereocenters. The minimum atomic E-state index is 0.904. The lowest BCUT2D eigenvalue weighted by atomic mass is 10.2. The van der Waals surface area contributed by atoms with E-state index in [1.165, 1.54) is 0 Å². The average molecular weight is 145 g/mol. The van der Waals surface area contributed by atoms with Crippen molar-refractivity contribution in [1.29, 1.82) is 0 Å². The van der Waals surface area contributed by atoms with E-state index in [4.69, 9.17) is 24.4 Å². The van der Waals surface area contributed by atoms with Crippen LogP contribution in [0.25, 0.3) is 0 Å². The van der Waals surface area contributed by atoms with Crippen molar-refractivity contribution in [2.45, 2.75) is 19.3 Å². The van der Waals surface area contributed by atoms with Crippen molar-refractivity contribution < 1.29 is 0 Å². The summed E-state index contributed by atoms with van der Waals surface area (Å²) in [6.45, 7) is 0. The fraction of sp³-hybridized carbons (Fsp3) is 0.600. The van der Waals surface area contributed by atoms with Crippen LogP contribution in [0.1, 0.15) is 19.3 Å². The number of hydrogen-bond donors (Lipinski definition) is 1. The molecule has 0 aliphatic carbocycles. The molecule has 1 aliphatic rings. The summed E-state index contributed by atoms with van der Waals surface area (Å²) >= 11 is 9.77. The van der Waals surface area contributed by atoms with Gasteiger partial charge in [-0.25, -0.2) is 0 Å². The predicted octanol–water partition coefficient (Wildman–Crippen LogP) is 1.41. The van der Waals surface area contributed by atoms with Gasteiger partial charge in [-0.3, -0.25) is 0 Å². The van der Waals surface area contributed by atoms with E-state index in [-0.39, 0.29) is 0 Å². The smallest absolute Gasteiger partial charge is 0.0801 e. The van der Waals surface area contributed by atoms with Gasteiger partial charge in [-0.05, 0) is 19.3 Å². The van der Waals surface area contributed by atoms with Gasteiger partial charge in [-0.1, -0.05) is 24.4 Å². The Hall–Kier alpha value is -0.0200. The molecule has 1 fully saturated rings. The summed E-state index contributed by atoms with van der Waals surface area (Å²) in [5.74, 6) is 0. The van der Waals surface area contributed by atoms with Crippen LogP contribution in [0.3, 0.4) is 0 Å². The van der Waals surface area contributed by atoms with Crippen LogP contribution in [0.4, 0.5) is 0 Å². The molecule has 1 heterocycles. The van der Waals surface area contributed by atoms with Gasteiger partial charge >= 0.3 is 0 Å². The summed E-state index contributed by atoms with van der Waals surface area (Å²) in [6, 6.07) is 0. The summed E-state index contributed by atoms with van der Waals surface area (Å²) in [5, 5.41) is 2.94. The van der Waals surface area contributed by atoms with Crippen LogP contribution in [-0.4, -0.2) is 9.98 Å². The molecule has 0 aromatic rings. The number of piperidine rings is 1. The van der Waals surface area contributed by atoms with Crippen LogP contribution < -0.4 is 5.32 Å². The Balaban J connectivity index is 2.45. The van der Waals surface area contributed by atoms with Gasteiger partial charge in [0.05, 0.1) is 9.98 Å². The molecule has 0 unspecified atom stereocenters. The molecule has 0 amide bonds. The monoisotopic (exact) mass is 145 g/mol. The molecule has 1 rings (SSSR count). The first-order valence-electron chi connectivity index (χ1n) is 2.62. The van der Waals surface area contributed by atoms with Crippen molar-refractivity contribution in [2.75, 3.05) is 0 Å². The molecular weight excluding hydrogens is 138 g/mol. The largest absolute Gasteiger partial charge is 0.345 e. The molecule has 1 nitrogen and oxygen atoms in total. The molecule has 1 aliphatic heterocycles. The van der Waals surface area contributed by atoms with Gasteiger partial charge in [0.25, 0.3) is 0 Å². The van der Waals surface area contributed by atoms with Gasteiger partial charge in [-0.15, -0.1) is 0 Å². The van der Waals surface area contributed by atoms with Gasteiger partial charge in [0.15, 0.2) is 0 Å². The highest BCUT2D eigenvalue weighted by molar-refractivity contribution is 7.82. The van der Waals surface area contributed by atoms with E-state index in [1.807, 2.05) is 0 Å². The van der Waals surface area contributed by atoms with E-state index in [1.54, 1.807) is 0 Å². The molecule has 0 bridgehead atoms. The molecule has 0 aromatic heterocycles. The number of thiocarbonyl (C=S) groups is 2. The third-order valence-corrected chi connectivity index (χ3v) is 1.70. The predicted molar refractivity (Wildman–Crippen MR) is 42.2 cm³/mol. The summed E-state index contributed by atoms with van der Waals surface area (Å²) in [7, 11) is 0. The minimum Gasteiger partial charge on any atom is -0.345 e. The zero-order chi connectivity index (χ0) is 5.98. The minimum absolute atomic E-state index is 0.904. The lowest BCUT2D eigenvalue weighted by Gasteiger charge is -2.13. The van der Waals surface area contributed by atoms with Crippen LogP contribution >= 0.6 is 24.4 Å². The normalized spacial score (nSPS) is 20.5. The Bertz CT molecular complexity index is 116. The van der Waals surface area contributed by atoms with E-state index < -0.39 is 0 Å². The van der Waals surface area contributed by atoms with Crippen LogP contribution in [0.15, 0.2) is 0 Å². The van der Waals surface area contributed by atoms with Gasteiger partial charge in [0.1, 0.15) is 0 Å². The molecule has 0 aromatic carbocycles. The van der Waals surface area contributed by atoms with Crippen molar-refractivity contribution in [2.24, 2.45) is 0 Å². The fourth-order valence-corrected chi connectivity index (χ4v) is 1.29. The third kappa shape index (κ3) is 1.49. The van der Waals surface area contributed by atoms with Gasteiger partial charge in [0.2, 0.25) is 0 Å². The SMILES string of the molecule is S=C1CCCC(=S)N1. The van der Waals surface area contributed by atoms with E-state index in [0.29, 0.717) is 0 Å². The first-order valence-corrected chi connectivity index (χ1v) is 3.43. The van der Waals surface area contributed by atoms with Crippen LogP contribution in [0, 0.1) is 0 Å². The lowest BCUT2D eigenvalue weighted by Crippen LogP contribution is -2.31. The zero-order valence-electron chi connectivity index (χ0n) is 4.44. The topological polar surface area (TPSA) is 12.0 Å². The first kappa shape index (κ1) is 6.11. The molecule has 44 valence electrons. The summed E-state index contributed by atoms with van der Waals surface area (Å²) in [5.41, 5.74) is 0. The molecule has 0 spiro atoms. The Labute approximate surface area is 59.5 Å². The van der Waals surface area contributed by atoms with E-state index in [2.05, 4.69) is 5.32 Å². The highest BCUT2D eigenvalue weighted by Gasteiger charge is 2.06. The average Bonchev–Trinajstić information content (AvgIpc) is 1.64. The lowest BCUT2D eigenvalue weighted by molar-refractivity contribution is 0.877. The Morgan fingerprint density at radius 3 is 1.88 bits per heavy atom. The number of rotatable bonds is 0. The van der Waals surface area contributed by atoms with Crippen molar-refractivity contribution in [3.8, 4) is 0 Å². The molecule has 3 heteroatoms. The van der Waals surface area contributed by atoms with Crippen molar-refractivity contribution >= 4 is 34.4 Å². The highest BCUT2D eigenvalue weighted by Crippen LogP contribution is 2.03. The second kappa shape index (κ2) is 2.51. The molecular formula is C5H7NS2. The maximum Gasteiger partial charge on any atom is 0.0801 e. The van der Waals surface area contributed by atoms with E-state index in [9.17, 15) is 0 Å². The van der Waals surface area contributed by atoms with Crippen LogP contribution in [-0.2, 0) is 0 Å². The van der Waals surface area contributed by atoms with Gasteiger partial charge in [-0.2, -0.15) is 0 Å². The third-order valence-electron chi connectivity index (χ3n) is 1.09. The second-order valence-corrected chi connectivity index (χ2v) is 2.81. The Morgan fingerprint density at radius 2 is 1.62 bits per heavy atom. The second-order valence-electron chi connectivity index (χ2n) is 1.82. The number of hydrogen-bond acceptors (Lipinski definition) is 2. The van der Waals surface area contributed by atoms with E-state index >= 15 is 0 Å². The maximum absolute atomic E-state index is 4.88. The van der Waals surface area contributed by atoms with Crippen LogP contribution in [0.5, 0.6) is 0 Å². The molecule has 1 N–H and O–H groups in total. The van der Waals surface area contributed by atoms with Gasteiger partial charge in [0, 0.05) is 0 Å². The van der Waals surface area contributed by atoms with Crippen molar-refractivity contribution in [3.05, 3.63) is 0 Å². The quantitative estimate of drug-likeness (QED) is 0.518. The van der Waals surface area contributed by atoms with Crippen molar-refractivity contribution in [1.82, 2.24) is 5.32 Å². The number of nitrogens with one attached hydrogen (secondary N) is 1. The Morgan fingerprint density at radius 1 is 1.12 bits per heavy atom. The van der Waals surface area contributed by atoms with Gasteiger partial charge < -0.3 is 5.32 Å². The molecule has 8 heavy (non-hydrogen) atoms. The summed E-state index contributed by atoms with van der Waals surface area (Å²) < 4.78 is 0. The standard InChI is InChI=1S/C5H7NS2/c7-4-2-1-3-5(8)6-4/h1-3H2,(H,6,7,8). The highest BCUT2D eigenvalue weighted by atomic mass is 32.1.